The van der Waals surface area contributed by atoms with Gasteiger partial charge in [0.2, 0.25) is 0 Å². The fourth-order valence-electron chi connectivity index (χ4n) is 1.54. The summed E-state index contributed by atoms with van der Waals surface area (Å²) in [5, 5.41) is 14.8. The van der Waals surface area contributed by atoms with Gasteiger partial charge in [-0.1, -0.05) is 0 Å². The molecule has 70 valence electrons. The number of carbonyl (C=O) groups is 1. The summed E-state index contributed by atoms with van der Waals surface area (Å²) in [6.45, 7) is 3.20. The fourth-order valence-corrected chi connectivity index (χ4v) is 1.54. The van der Waals surface area contributed by atoms with E-state index in [0.717, 1.165) is 19.4 Å². The van der Waals surface area contributed by atoms with E-state index in [2.05, 4.69) is 17.6 Å². The number of carboxylic acids is 1. The van der Waals surface area contributed by atoms with E-state index in [9.17, 15) is 4.79 Å². The van der Waals surface area contributed by atoms with Crippen LogP contribution in [0.15, 0.2) is 0 Å². The second-order valence-corrected chi connectivity index (χ2v) is 3.27. The molecule has 3 N–H and O–H groups in total. The minimum absolute atomic E-state index is 0.0662. The molecule has 1 aliphatic heterocycles. The Kier molecular flexibility index (Phi) is 3.49. The maximum Gasteiger partial charge on any atom is 0.317 e. The Bertz CT molecular complexity index is 161. The Balaban J connectivity index is 2.24. The second-order valence-electron chi connectivity index (χ2n) is 3.27. The first kappa shape index (κ1) is 9.48. The van der Waals surface area contributed by atoms with E-state index in [1.165, 1.54) is 0 Å². The van der Waals surface area contributed by atoms with E-state index in [1.807, 2.05) is 0 Å². The van der Waals surface area contributed by atoms with E-state index < -0.39 is 5.97 Å². The van der Waals surface area contributed by atoms with Crippen molar-refractivity contribution in [1.29, 1.82) is 0 Å². The van der Waals surface area contributed by atoms with Gasteiger partial charge in [-0.15, -0.1) is 0 Å². The zero-order valence-corrected chi connectivity index (χ0v) is 7.34. The number of hydrogen-bond acceptors (Lipinski definition) is 3. The summed E-state index contributed by atoms with van der Waals surface area (Å²) in [5.41, 5.74) is 0. The van der Waals surface area contributed by atoms with Crippen LogP contribution >= 0.6 is 0 Å². The molecule has 2 unspecified atom stereocenters. The Morgan fingerprint density at radius 1 is 1.75 bits per heavy atom. The number of nitrogens with one attached hydrogen (secondary N) is 2. The second kappa shape index (κ2) is 4.42. The van der Waals surface area contributed by atoms with E-state index in [4.69, 9.17) is 5.11 Å². The van der Waals surface area contributed by atoms with Crippen molar-refractivity contribution < 1.29 is 9.90 Å². The van der Waals surface area contributed by atoms with Gasteiger partial charge in [-0.2, -0.15) is 0 Å². The zero-order valence-electron chi connectivity index (χ0n) is 7.34. The smallest absolute Gasteiger partial charge is 0.317 e. The molecule has 0 aromatic carbocycles. The normalized spacial score (nSPS) is 30.1. The summed E-state index contributed by atoms with van der Waals surface area (Å²) >= 11 is 0. The van der Waals surface area contributed by atoms with E-state index in [1.54, 1.807) is 0 Å². The molecule has 1 aliphatic rings. The van der Waals surface area contributed by atoms with Gasteiger partial charge >= 0.3 is 5.97 Å². The lowest BCUT2D eigenvalue weighted by atomic mass is 10.00. The minimum atomic E-state index is -0.784. The zero-order chi connectivity index (χ0) is 8.97. The molecule has 1 rings (SSSR count). The number of rotatable bonds is 3. The molecule has 4 heteroatoms. The molecular formula is C8H16N2O2. The molecule has 4 nitrogen and oxygen atoms in total. The van der Waals surface area contributed by atoms with Crippen LogP contribution in [0.1, 0.15) is 19.8 Å². The highest BCUT2D eigenvalue weighted by Gasteiger charge is 2.20. The maximum absolute atomic E-state index is 10.3. The van der Waals surface area contributed by atoms with Crippen LogP contribution in [0.2, 0.25) is 0 Å². The Morgan fingerprint density at radius 2 is 2.50 bits per heavy atom. The molecule has 2 atom stereocenters. The average Bonchev–Trinajstić information content (AvgIpc) is 2.03. The highest BCUT2D eigenvalue weighted by molar-refractivity contribution is 5.69. The van der Waals surface area contributed by atoms with Crippen molar-refractivity contribution in [3.8, 4) is 0 Å². The topological polar surface area (TPSA) is 61.4 Å². The Hall–Kier alpha value is -0.610. The number of aliphatic carboxylic acids is 1. The molecular weight excluding hydrogens is 156 g/mol. The summed E-state index contributed by atoms with van der Waals surface area (Å²) in [6.07, 6.45) is 2.20. The van der Waals surface area contributed by atoms with Gasteiger partial charge in [-0.05, 0) is 26.3 Å². The summed E-state index contributed by atoms with van der Waals surface area (Å²) in [4.78, 5) is 10.3. The van der Waals surface area contributed by atoms with Crippen LogP contribution in [-0.2, 0) is 4.79 Å². The van der Waals surface area contributed by atoms with Crippen molar-refractivity contribution in [3.05, 3.63) is 0 Å². The molecule has 0 saturated carbocycles. The first-order valence-electron chi connectivity index (χ1n) is 4.38. The quantitative estimate of drug-likeness (QED) is 0.552. The summed E-state index contributed by atoms with van der Waals surface area (Å²) in [7, 11) is 0. The summed E-state index contributed by atoms with van der Waals surface area (Å²) in [6, 6.07) is 0.702. The number of carboxylic acid groups (broad SMARTS) is 1. The SMILES string of the molecule is CC1NCCCC1NCC(=O)O. The van der Waals surface area contributed by atoms with Crippen molar-refractivity contribution in [2.24, 2.45) is 0 Å². The van der Waals surface area contributed by atoms with Crippen LogP contribution in [0.4, 0.5) is 0 Å². The molecule has 1 heterocycles. The van der Waals surface area contributed by atoms with Crippen molar-refractivity contribution in [3.63, 3.8) is 0 Å². The Morgan fingerprint density at radius 3 is 3.08 bits per heavy atom. The molecule has 1 saturated heterocycles. The standard InChI is InChI=1S/C8H16N2O2/c1-6-7(3-2-4-9-6)10-5-8(11)12/h6-7,9-10H,2-5H2,1H3,(H,11,12). The van der Waals surface area contributed by atoms with Crippen LogP contribution in [-0.4, -0.2) is 36.2 Å². The van der Waals surface area contributed by atoms with Gasteiger partial charge in [0.25, 0.3) is 0 Å². The lowest BCUT2D eigenvalue weighted by Gasteiger charge is -2.30. The molecule has 0 amide bonds. The summed E-state index contributed by atoms with van der Waals surface area (Å²) in [5.74, 6) is -0.784. The summed E-state index contributed by atoms with van der Waals surface area (Å²) < 4.78 is 0. The van der Waals surface area contributed by atoms with Crippen LogP contribution in [0, 0.1) is 0 Å². The van der Waals surface area contributed by atoms with Gasteiger partial charge in [0.1, 0.15) is 0 Å². The van der Waals surface area contributed by atoms with E-state index in [-0.39, 0.29) is 6.54 Å². The predicted molar refractivity (Wildman–Crippen MR) is 46.1 cm³/mol. The third-order valence-corrected chi connectivity index (χ3v) is 2.28. The maximum atomic E-state index is 10.3. The third-order valence-electron chi connectivity index (χ3n) is 2.28. The lowest BCUT2D eigenvalue weighted by Crippen LogP contribution is -2.51. The highest BCUT2D eigenvalue weighted by Crippen LogP contribution is 2.07. The number of piperidine rings is 1. The Labute approximate surface area is 72.3 Å². The van der Waals surface area contributed by atoms with Crippen molar-refractivity contribution in [2.45, 2.75) is 31.8 Å². The lowest BCUT2D eigenvalue weighted by molar-refractivity contribution is -0.136. The number of hydrogen-bond donors (Lipinski definition) is 3. The van der Waals surface area contributed by atoms with Gasteiger partial charge in [-0.3, -0.25) is 4.79 Å². The van der Waals surface area contributed by atoms with Gasteiger partial charge < -0.3 is 15.7 Å². The van der Waals surface area contributed by atoms with Crippen LogP contribution < -0.4 is 10.6 Å². The molecule has 0 bridgehead atoms. The van der Waals surface area contributed by atoms with E-state index in [0.29, 0.717) is 12.1 Å². The monoisotopic (exact) mass is 172 g/mol. The molecule has 0 aliphatic carbocycles. The first-order chi connectivity index (χ1) is 5.70. The van der Waals surface area contributed by atoms with Gasteiger partial charge in [0, 0.05) is 12.1 Å². The van der Waals surface area contributed by atoms with Crippen LogP contribution in [0.25, 0.3) is 0 Å². The van der Waals surface area contributed by atoms with Gasteiger partial charge in [0.15, 0.2) is 0 Å². The minimum Gasteiger partial charge on any atom is -0.480 e. The van der Waals surface area contributed by atoms with E-state index >= 15 is 0 Å². The largest absolute Gasteiger partial charge is 0.480 e. The fraction of sp³-hybridized carbons (Fsp3) is 0.875. The predicted octanol–water partition coefficient (Wildman–Crippen LogP) is -0.199. The van der Waals surface area contributed by atoms with Gasteiger partial charge in [0.05, 0.1) is 6.54 Å². The van der Waals surface area contributed by atoms with Crippen molar-refractivity contribution >= 4 is 5.97 Å². The van der Waals surface area contributed by atoms with Crippen molar-refractivity contribution in [1.82, 2.24) is 10.6 Å². The molecule has 0 aromatic heterocycles. The molecule has 0 radical (unpaired) electrons. The molecule has 0 aromatic rings. The van der Waals surface area contributed by atoms with Crippen LogP contribution in [0.3, 0.4) is 0 Å². The van der Waals surface area contributed by atoms with Crippen molar-refractivity contribution in [2.75, 3.05) is 13.1 Å². The molecule has 1 fully saturated rings. The molecule has 12 heavy (non-hydrogen) atoms. The first-order valence-corrected chi connectivity index (χ1v) is 4.38. The van der Waals surface area contributed by atoms with Crippen LogP contribution in [0.5, 0.6) is 0 Å². The highest BCUT2D eigenvalue weighted by atomic mass is 16.4. The average molecular weight is 172 g/mol. The molecule has 0 spiro atoms. The van der Waals surface area contributed by atoms with Gasteiger partial charge in [-0.25, -0.2) is 0 Å². The third kappa shape index (κ3) is 2.79.